The van der Waals surface area contributed by atoms with E-state index in [0.29, 0.717) is 12.0 Å². The van der Waals surface area contributed by atoms with E-state index in [1.165, 1.54) is 0 Å². The molecule has 3 rings (SSSR count). The Morgan fingerprint density at radius 2 is 1.91 bits per heavy atom. The van der Waals surface area contributed by atoms with Crippen molar-refractivity contribution in [2.24, 2.45) is 10.7 Å². The summed E-state index contributed by atoms with van der Waals surface area (Å²) in [7, 11) is 0. The predicted molar refractivity (Wildman–Crippen MR) is 78.8 cm³/mol. The van der Waals surface area contributed by atoms with Crippen LogP contribution < -0.4 is 5.73 Å². The number of fused-ring (bicyclic) bond motifs is 2. The number of hydrogen-bond donors (Lipinski definition) is 1. The summed E-state index contributed by atoms with van der Waals surface area (Å²) < 4.78 is 34.6. The molecule has 23 heavy (non-hydrogen) atoms. The molecule has 0 saturated heterocycles. The summed E-state index contributed by atoms with van der Waals surface area (Å²) in [6, 6.07) is 6.11. The number of nitro groups is 1. The van der Waals surface area contributed by atoms with Crippen molar-refractivity contribution in [2.75, 3.05) is 0 Å². The number of ether oxygens (including phenoxy) is 1. The van der Waals surface area contributed by atoms with Crippen LogP contribution >= 0.6 is 0 Å². The second-order valence-electron chi connectivity index (χ2n) is 6.62. The molecule has 1 unspecified atom stereocenters. The molecular formula is C15H17F2N3O3. The number of benzene rings is 1. The first-order chi connectivity index (χ1) is 10.6. The summed E-state index contributed by atoms with van der Waals surface area (Å²) in [5.41, 5.74) is 4.08. The highest BCUT2D eigenvalue weighted by atomic mass is 19.3. The zero-order chi connectivity index (χ0) is 17.0. The highest BCUT2D eigenvalue weighted by Crippen LogP contribution is 2.56. The lowest BCUT2D eigenvalue weighted by atomic mass is 9.63. The van der Waals surface area contributed by atoms with E-state index in [2.05, 4.69) is 9.73 Å². The molecule has 124 valence electrons. The molecule has 1 heterocycles. The van der Waals surface area contributed by atoms with Gasteiger partial charge in [0.25, 0.3) is 6.02 Å². The lowest BCUT2D eigenvalue weighted by Gasteiger charge is -2.47. The molecule has 1 aromatic rings. The third-order valence-electron chi connectivity index (χ3n) is 4.80. The van der Waals surface area contributed by atoms with E-state index in [4.69, 9.17) is 5.73 Å². The molecule has 1 spiro atoms. The molecule has 0 radical (unpaired) electrons. The Morgan fingerprint density at radius 3 is 2.52 bits per heavy atom. The minimum absolute atomic E-state index is 0.0432. The van der Waals surface area contributed by atoms with Gasteiger partial charge in [-0.15, -0.1) is 0 Å². The van der Waals surface area contributed by atoms with Gasteiger partial charge in [0, 0.05) is 0 Å². The summed E-state index contributed by atoms with van der Waals surface area (Å²) in [5.74, 6) is -3.81. The van der Waals surface area contributed by atoms with Gasteiger partial charge in [0.05, 0.1) is 4.92 Å². The molecule has 0 amide bonds. The quantitative estimate of drug-likeness (QED) is 0.634. The zero-order valence-corrected chi connectivity index (χ0v) is 12.8. The first-order valence-electron chi connectivity index (χ1n) is 7.25. The maximum atomic E-state index is 15.0. The Balaban J connectivity index is 2.29. The van der Waals surface area contributed by atoms with Crippen LogP contribution in [0.3, 0.4) is 0 Å². The number of aliphatic imine (C=N–C) groups is 1. The largest absolute Gasteiger partial charge is 0.422 e. The van der Waals surface area contributed by atoms with Gasteiger partial charge in [-0.3, -0.25) is 10.1 Å². The van der Waals surface area contributed by atoms with Crippen molar-refractivity contribution >= 4 is 6.02 Å². The Hall–Kier alpha value is -2.25. The Labute approximate surface area is 131 Å². The van der Waals surface area contributed by atoms with Crippen molar-refractivity contribution in [2.45, 2.75) is 49.8 Å². The molecule has 1 aromatic carbocycles. The van der Waals surface area contributed by atoms with Crippen LogP contribution in [0.25, 0.3) is 0 Å². The minimum Gasteiger partial charge on any atom is -0.393 e. The van der Waals surface area contributed by atoms with Crippen LogP contribution in [0, 0.1) is 10.1 Å². The van der Waals surface area contributed by atoms with Crippen LogP contribution in [-0.4, -0.2) is 23.1 Å². The molecular weight excluding hydrogens is 308 g/mol. The van der Waals surface area contributed by atoms with Gasteiger partial charge in [-0.1, -0.05) is 38.1 Å². The maximum absolute atomic E-state index is 15.0. The summed E-state index contributed by atoms with van der Waals surface area (Å²) in [5, 5.41) is 11.1. The molecule has 2 N–H and O–H groups in total. The van der Waals surface area contributed by atoms with Crippen LogP contribution in [0.1, 0.15) is 37.8 Å². The van der Waals surface area contributed by atoms with Crippen molar-refractivity contribution in [3.63, 3.8) is 0 Å². The fourth-order valence-electron chi connectivity index (χ4n) is 3.52. The average Bonchev–Trinajstić information content (AvgIpc) is 2.47. The number of amidine groups is 1. The predicted octanol–water partition coefficient (Wildman–Crippen LogP) is 2.54. The summed E-state index contributed by atoms with van der Waals surface area (Å²) in [4.78, 5) is 13.8. The second-order valence-corrected chi connectivity index (χ2v) is 6.62. The van der Waals surface area contributed by atoms with Crippen molar-refractivity contribution in [1.29, 1.82) is 0 Å². The Kier molecular flexibility index (Phi) is 3.14. The monoisotopic (exact) mass is 325 g/mol. The van der Waals surface area contributed by atoms with Crippen molar-refractivity contribution < 1.29 is 18.4 Å². The highest BCUT2D eigenvalue weighted by molar-refractivity contribution is 5.74. The zero-order valence-electron chi connectivity index (χ0n) is 12.8. The highest BCUT2D eigenvalue weighted by Gasteiger charge is 2.71. The van der Waals surface area contributed by atoms with E-state index in [0.717, 1.165) is 0 Å². The molecule has 1 aliphatic heterocycles. The van der Waals surface area contributed by atoms with Gasteiger partial charge in [0.2, 0.25) is 0 Å². The molecule has 0 bridgehead atoms. The molecule has 8 heteroatoms. The number of hydrogen-bond acceptors (Lipinski definition) is 5. The van der Waals surface area contributed by atoms with Crippen molar-refractivity contribution in [1.82, 2.24) is 0 Å². The van der Waals surface area contributed by atoms with Crippen LogP contribution in [0.15, 0.2) is 29.3 Å². The fraction of sp³-hybridized carbons (Fsp3) is 0.533. The lowest BCUT2D eigenvalue weighted by Crippen LogP contribution is -2.62. The fourth-order valence-corrected chi connectivity index (χ4v) is 3.52. The number of alkyl halides is 2. The second kappa shape index (κ2) is 4.62. The van der Waals surface area contributed by atoms with Crippen LogP contribution in [0.2, 0.25) is 0 Å². The van der Waals surface area contributed by atoms with E-state index in [9.17, 15) is 10.1 Å². The standard InChI is InChI=1S/C15H17F2N3O3/c1-13(2)7-8-14(10-6-4-3-5-9(10)13)15(16,17)11(20(21)22)23-12(18)19-14/h3-6,11H,7-8H2,1-2H3,(H2,18,19)/t11?,14-/m1/s1. The third kappa shape index (κ3) is 2.00. The number of nitrogens with two attached hydrogens (primary N) is 1. The van der Waals surface area contributed by atoms with Crippen LogP contribution in [0.5, 0.6) is 0 Å². The normalized spacial score (nSPS) is 31.0. The van der Waals surface area contributed by atoms with Gasteiger partial charge in [-0.2, -0.15) is 8.78 Å². The number of nitrogens with zero attached hydrogens (tertiary/aromatic N) is 2. The first-order valence-corrected chi connectivity index (χ1v) is 7.25. The summed E-state index contributed by atoms with van der Waals surface area (Å²) >= 11 is 0. The number of halogens is 2. The van der Waals surface area contributed by atoms with Gasteiger partial charge >= 0.3 is 12.2 Å². The van der Waals surface area contributed by atoms with Crippen molar-refractivity contribution in [3.8, 4) is 0 Å². The number of rotatable bonds is 1. The molecule has 0 aromatic heterocycles. The Bertz CT molecular complexity index is 705. The third-order valence-corrected chi connectivity index (χ3v) is 4.80. The van der Waals surface area contributed by atoms with E-state index >= 15 is 8.78 Å². The van der Waals surface area contributed by atoms with Gasteiger partial charge in [-0.05, 0) is 29.4 Å². The molecule has 1 aliphatic carbocycles. The van der Waals surface area contributed by atoms with E-state index in [-0.39, 0.29) is 17.4 Å². The molecule has 2 aliphatic rings. The lowest BCUT2D eigenvalue weighted by molar-refractivity contribution is -0.602. The molecule has 6 nitrogen and oxygen atoms in total. The summed E-state index contributed by atoms with van der Waals surface area (Å²) in [6.07, 6.45) is -2.19. The minimum atomic E-state index is -3.81. The van der Waals surface area contributed by atoms with E-state index in [1.807, 2.05) is 13.8 Å². The maximum Gasteiger partial charge on any atom is 0.422 e. The van der Waals surface area contributed by atoms with E-state index in [1.54, 1.807) is 24.3 Å². The van der Waals surface area contributed by atoms with Crippen molar-refractivity contribution in [3.05, 3.63) is 45.5 Å². The topological polar surface area (TPSA) is 90.8 Å². The average molecular weight is 325 g/mol. The van der Waals surface area contributed by atoms with Gasteiger partial charge in [0.1, 0.15) is 0 Å². The summed E-state index contributed by atoms with van der Waals surface area (Å²) in [6.45, 7) is 3.91. The van der Waals surface area contributed by atoms with Crippen LogP contribution in [-0.2, 0) is 15.7 Å². The first kappa shape index (κ1) is 15.6. The molecule has 0 fully saturated rings. The van der Waals surface area contributed by atoms with Gasteiger partial charge < -0.3 is 10.5 Å². The SMILES string of the molecule is CC1(C)CC[C@@]2(N=C(N)OC([N+](=O)[O-])C2(F)F)c2ccccc21. The smallest absolute Gasteiger partial charge is 0.393 e. The Morgan fingerprint density at radius 1 is 1.30 bits per heavy atom. The van der Waals surface area contributed by atoms with Gasteiger partial charge in [-0.25, -0.2) is 4.99 Å². The molecule has 0 saturated carbocycles. The van der Waals surface area contributed by atoms with Gasteiger partial charge in [0.15, 0.2) is 5.54 Å². The van der Waals surface area contributed by atoms with Crippen LogP contribution in [0.4, 0.5) is 8.78 Å². The molecule has 2 atom stereocenters. The van der Waals surface area contributed by atoms with E-state index < -0.39 is 28.6 Å².